The Morgan fingerprint density at radius 1 is 1.05 bits per heavy atom. The van der Waals surface area contributed by atoms with Gasteiger partial charge in [0.05, 0.1) is 13.2 Å². The lowest BCUT2D eigenvalue weighted by atomic mass is 10.1. The number of hydrogen-bond acceptors (Lipinski definition) is 3. The minimum Gasteiger partial charge on any atom is -0.490 e. The maximum Gasteiger partial charge on any atom is 0.163 e. The Kier molecular flexibility index (Phi) is 3.95. The first-order chi connectivity index (χ1) is 10.2. The fraction of sp³-hybridized carbons (Fsp3) is 0.294. The van der Waals surface area contributed by atoms with Gasteiger partial charge in [0.2, 0.25) is 0 Å². The van der Waals surface area contributed by atoms with Gasteiger partial charge in [-0.25, -0.2) is 4.39 Å². The Bertz CT molecular complexity index is 643. The molecule has 0 saturated carbocycles. The summed E-state index contributed by atoms with van der Waals surface area (Å²) in [6.45, 7) is 3.90. The highest BCUT2D eigenvalue weighted by atomic mass is 19.1. The van der Waals surface area contributed by atoms with E-state index in [0.29, 0.717) is 19.8 Å². The smallest absolute Gasteiger partial charge is 0.163 e. The third-order valence-corrected chi connectivity index (χ3v) is 3.54. The molecule has 3 rings (SSSR count). The Balaban J connectivity index is 1.73. The highest BCUT2D eigenvalue weighted by Crippen LogP contribution is 2.32. The van der Waals surface area contributed by atoms with E-state index in [0.717, 1.165) is 34.7 Å². The molecule has 4 heteroatoms. The number of fused-ring (bicyclic) bond motifs is 1. The van der Waals surface area contributed by atoms with Crippen molar-refractivity contribution >= 4 is 5.69 Å². The van der Waals surface area contributed by atoms with Crippen molar-refractivity contribution in [3.63, 3.8) is 0 Å². The quantitative estimate of drug-likeness (QED) is 0.928. The van der Waals surface area contributed by atoms with Crippen molar-refractivity contribution in [3.05, 3.63) is 53.3 Å². The topological polar surface area (TPSA) is 30.5 Å². The van der Waals surface area contributed by atoms with E-state index >= 15 is 0 Å². The van der Waals surface area contributed by atoms with Gasteiger partial charge in [-0.05, 0) is 42.3 Å². The summed E-state index contributed by atoms with van der Waals surface area (Å²) in [5, 5.41) is 3.30. The van der Waals surface area contributed by atoms with Crippen molar-refractivity contribution in [2.45, 2.75) is 19.9 Å². The molecular formula is C17H18FNO2. The minimum absolute atomic E-state index is 0.212. The van der Waals surface area contributed by atoms with Crippen molar-refractivity contribution in [2.24, 2.45) is 0 Å². The number of rotatable bonds is 3. The average Bonchev–Trinajstić information content (AvgIpc) is 2.73. The van der Waals surface area contributed by atoms with Crippen LogP contribution in [0.15, 0.2) is 36.4 Å². The number of aryl methyl sites for hydroxylation is 1. The Labute approximate surface area is 123 Å². The number of hydrogen-bond donors (Lipinski definition) is 1. The monoisotopic (exact) mass is 287 g/mol. The van der Waals surface area contributed by atoms with E-state index in [1.165, 1.54) is 6.07 Å². The molecule has 2 aromatic rings. The maximum absolute atomic E-state index is 13.3. The van der Waals surface area contributed by atoms with Crippen molar-refractivity contribution in [1.82, 2.24) is 0 Å². The predicted molar refractivity (Wildman–Crippen MR) is 80.5 cm³/mol. The zero-order chi connectivity index (χ0) is 14.7. The first-order valence-corrected chi connectivity index (χ1v) is 7.11. The normalized spacial score (nSPS) is 13.6. The second-order valence-corrected chi connectivity index (χ2v) is 5.14. The fourth-order valence-corrected chi connectivity index (χ4v) is 2.30. The summed E-state index contributed by atoms with van der Waals surface area (Å²) >= 11 is 0. The van der Waals surface area contributed by atoms with E-state index < -0.39 is 0 Å². The second kappa shape index (κ2) is 6.04. The molecule has 0 spiro atoms. The maximum atomic E-state index is 13.3. The molecular weight excluding hydrogens is 269 g/mol. The number of anilines is 1. The Morgan fingerprint density at radius 3 is 2.71 bits per heavy atom. The summed E-state index contributed by atoms with van der Waals surface area (Å²) < 4.78 is 24.5. The Hall–Kier alpha value is -2.23. The van der Waals surface area contributed by atoms with E-state index in [1.807, 2.05) is 25.1 Å². The summed E-state index contributed by atoms with van der Waals surface area (Å²) in [5.41, 5.74) is 2.95. The molecule has 0 bridgehead atoms. The molecule has 1 heterocycles. The van der Waals surface area contributed by atoms with Crippen LogP contribution in [0, 0.1) is 12.7 Å². The van der Waals surface area contributed by atoms with Crippen molar-refractivity contribution in [1.29, 1.82) is 0 Å². The predicted octanol–water partition coefficient (Wildman–Crippen LogP) is 3.91. The molecule has 110 valence electrons. The van der Waals surface area contributed by atoms with E-state index in [2.05, 4.69) is 5.32 Å². The molecule has 0 atom stereocenters. The SMILES string of the molecule is Cc1ccc(F)cc1CNc1ccc2c(c1)OCCCO2. The Morgan fingerprint density at radius 2 is 1.86 bits per heavy atom. The van der Waals surface area contributed by atoms with Crippen LogP contribution in [0.2, 0.25) is 0 Å². The number of ether oxygens (including phenoxy) is 2. The van der Waals surface area contributed by atoms with Crippen molar-refractivity contribution in [2.75, 3.05) is 18.5 Å². The lowest BCUT2D eigenvalue weighted by Gasteiger charge is -2.12. The summed E-state index contributed by atoms with van der Waals surface area (Å²) in [4.78, 5) is 0. The third kappa shape index (κ3) is 3.27. The van der Waals surface area contributed by atoms with E-state index in [-0.39, 0.29) is 5.82 Å². The first-order valence-electron chi connectivity index (χ1n) is 7.11. The minimum atomic E-state index is -0.212. The third-order valence-electron chi connectivity index (χ3n) is 3.54. The summed E-state index contributed by atoms with van der Waals surface area (Å²) in [6, 6.07) is 10.6. The number of benzene rings is 2. The van der Waals surface area contributed by atoms with E-state index in [1.54, 1.807) is 12.1 Å². The van der Waals surface area contributed by atoms with Gasteiger partial charge in [0.15, 0.2) is 11.5 Å². The lowest BCUT2D eigenvalue weighted by Crippen LogP contribution is -2.02. The van der Waals surface area contributed by atoms with Crippen LogP contribution in [0.3, 0.4) is 0 Å². The molecule has 2 aromatic carbocycles. The molecule has 1 N–H and O–H groups in total. The molecule has 1 aliphatic heterocycles. The van der Waals surface area contributed by atoms with Gasteiger partial charge in [-0.15, -0.1) is 0 Å². The summed E-state index contributed by atoms with van der Waals surface area (Å²) in [7, 11) is 0. The molecule has 0 aliphatic carbocycles. The van der Waals surface area contributed by atoms with Crippen LogP contribution >= 0.6 is 0 Å². The van der Waals surface area contributed by atoms with E-state index in [9.17, 15) is 4.39 Å². The molecule has 3 nitrogen and oxygen atoms in total. The van der Waals surface area contributed by atoms with Crippen LogP contribution in [0.1, 0.15) is 17.5 Å². The van der Waals surface area contributed by atoms with Crippen molar-refractivity contribution in [3.8, 4) is 11.5 Å². The second-order valence-electron chi connectivity index (χ2n) is 5.14. The highest BCUT2D eigenvalue weighted by molar-refractivity contribution is 5.55. The lowest BCUT2D eigenvalue weighted by molar-refractivity contribution is 0.297. The molecule has 0 saturated heterocycles. The average molecular weight is 287 g/mol. The first kappa shape index (κ1) is 13.7. The summed E-state index contributed by atoms with van der Waals surface area (Å²) in [6.07, 6.45) is 0.889. The zero-order valence-electron chi connectivity index (χ0n) is 12.0. The largest absolute Gasteiger partial charge is 0.490 e. The van der Waals surface area contributed by atoms with Gasteiger partial charge in [-0.2, -0.15) is 0 Å². The van der Waals surface area contributed by atoms with Crippen LogP contribution in [0.5, 0.6) is 11.5 Å². The summed E-state index contributed by atoms with van der Waals surface area (Å²) in [5.74, 6) is 1.32. The van der Waals surface area contributed by atoms with Gasteiger partial charge in [-0.3, -0.25) is 0 Å². The van der Waals surface area contributed by atoms with Crippen molar-refractivity contribution < 1.29 is 13.9 Å². The van der Waals surface area contributed by atoms with Crippen LogP contribution < -0.4 is 14.8 Å². The molecule has 0 unspecified atom stereocenters. The highest BCUT2D eigenvalue weighted by Gasteiger charge is 2.10. The van der Waals surface area contributed by atoms with Crippen LogP contribution in [-0.4, -0.2) is 13.2 Å². The molecule has 0 fully saturated rings. The molecule has 0 amide bonds. The molecule has 21 heavy (non-hydrogen) atoms. The zero-order valence-corrected chi connectivity index (χ0v) is 12.0. The van der Waals surface area contributed by atoms with Crippen LogP contribution in [0.25, 0.3) is 0 Å². The molecule has 0 radical (unpaired) electrons. The molecule has 1 aliphatic rings. The number of nitrogens with one attached hydrogen (secondary N) is 1. The van der Waals surface area contributed by atoms with Gasteiger partial charge in [-0.1, -0.05) is 6.07 Å². The van der Waals surface area contributed by atoms with Gasteiger partial charge < -0.3 is 14.8 Å². The van der Waals surface area contributed by atoms with Gasteiger partial charge in [0, 0.05) is 24.7 Å². The van der Waals surface area contributed by atoms with Gasteiger partial charge in [0.25, 0.3) is 0 Å². The van der Waals surface area contributed by atoms with E-state index in [4.69, 9.17) is 9.47 Å². The van der Waals surface area contributed by atoms with Crippen LogP contribution in [-0.2, 0) is 6.54 Å². The van der Waals surface area contributed by atoms with Gasteiger partial charge >= 0.3 is 0 Å². The van der Waals surface area contributed by atoms with Gasteiger partial charge in [0.1, 0.15) is 5.82 Å². The fourth-order valence-electron chi connectivity index (χ4n) is 2.30. The molecule has 0 aromatic heterocycles. The standard InChI is InChI=1S/C17H18FNO2/c1-12-3-4-14(18)9-13(12)11-19-15-5-6-16-17(10-15)21-8-2-7-20-16/h3-6,9-10,19H,2,7-8,11H2,1H3. The number of halogens is 1. The van der Waals surface area contributed by atoms with Crippen LogP contribution in [0.4, 0.5) is 10.1 Å².